The molecule has 21 heavy (non-hydrogen) atoms. The minimum atomic E-state index is -2.98. The molecule has 0 aromatic heterocycles. The van der Waals surface area contributed by atoms with Gasteiger partial charge in [0.25, 0.3) is 0 Å². The molecule has 1 saturated heterocycles. The summed E-state index contributed by atoms with van der Waals surface area (Å²) in [7, 11) is -2.98. The van der Waals surface area contributed by atoms with E-state index in [0.29, 0.717) is 6.54 Å². The van der Waals surface area contributed by atoms with Gasteiger partial charge in [0, 0.05) is 18.6 Å². The second kappa shape index (κ2) is 6.42. The molecule has 6 heteroatoms. The molecule has 3 unspecified atom stereocenters. The van der Waals surface area contributed by atoms with Crippen LogP contribution in [-0.4, -0.2) is 43.5 Å². The van der Waals surface area contributed by atoms with E-state index in [-0.39, 0.29) is 35.4 Å². The van der Waals surface area contributed by atoms with Gasteiger partial charge in [-0.3, -0.25) is 4.90 Å². The van der Waals surface area contributed by atoms with Crippen LogP contribution in [0.25, 0.3) is 0 Å². The molecule has 1 aromatic rings. The Morgan fingerprint density at radius 3 is 2.76 bits per heavy atom. The van der Waals surface area contributed by atoms with Gasteiger partial charge in [0.2, 0.25) is 0 Å². The minimum Gasteiger partial charge on any atom is -0.326 e. The van der Waals surface area contributed by atoms with E-state index < -0.39 is 9.84 Å². The first kappa shape index (κ1) is 16.4. The molecular weight excluding hydrogens is 291 g/mol. The predicted molar refractivity (Wildman–Crippen MR) is 82.2 cm³/mol. The molecule has 4 nitrogen and oxygen atoms in total. The molecule has 0 aliphatic carbocycles. The van der Waals surface area contributed by atoms with Gasteiger partial charge < -0.3 is 5.73 Å². The van der Waals surface area contributed by atoms with Gasteiger partial charge in [-0.05, 0) is 31.0 Å². The Hall–Kier alpha value is -0.980. The van der Waals surface area contributed by atoms with Crippen molar-refractivity contribution < 1.29 is 12.8 Å². The highest BCUT2D eigenvalue weighted by Gasteiger charge is 2.35. The summed E-state index contributed by atoms with van der Waals surface area (Å²) < 4.78 is 37.0. The van der Waals surface area contributed by atoms with Crippen LogP contribution in [-0.2, 0) is 9.84 Å². The molecule has 1 heterocycles. The lowest BCUT2D eigenvalue weighted by Crippen LogP contribution is -2.52. The highest BCUT2D eigenvalue weighted by atomic mass is 32.2. The van der Waals surface area contributed by atoms with Crippen molar-refractivity contribution in [3.8, 4) is 0 Å². The first-order valence-electron chi connectivity index (χ1n) is 7.31. The van der Waals surface area contributed by atoms with Gasteiger partial charge in [-0.1, -0.05) is 19.1 Å². The molecule has 3 atom stereocenters. The number of hydrogen-bond acceptors (Lipinski definition) is 4. The Balaban J connectivity index is 2.33. The monoisotopic (exact) mass is 314 g/mol. The van der Waals surface area contributed by atoms with Crippen molar-refractivity contribution in [2.45, 2.75) is 38.4 Å². The molecule has 0 amide bonds. The Bertz CT molecular complexity index is 591. The summed E-state index contributed by atoms with van der Waals surface area (Å²) in [6.45, 7) is 4.33. The maximum absolute atomic E-state index is 13.5. The predicted octanol–water partition coefficient (Wildman–Crippen LogP) is 1.72. The van der Waals surface area contributed by atoms with Crippen LogP contribution in [0.1, 0.15) is 31.9 Å². The van der Waals surface area contributed by atoms with E-state index in [9.17, 15) is 12.8 Å². The summed E-state index contributed by atoms with van der Waals surface area (Å²) in [5, 5.41) is 0. The highest BCUT2D eigenvalue weighted by molar-refractivity contribution is 7.91. The molecule has 1 aromatic carbocycles. The lowest BCUT2D eigenvalue weighted by Gasteiger charge is -2.42. The number of benzene rings is 1. The van der Waals surface area contributed by atoms with E-state index in [2.05, 4.69) is 4.90 Å². The van der Waals surface area contributed by atoms with Gasteiger partial charge in [-0.2, -0.15) is 0 Å². The smallest absolute Gasteiger partial charge is 0.153 e. The number of nitrogens with zero attached hydrogens (tertiary/aromatic N) is 1. The van der Waals surface area contributed by atoms with Crippen LogP contribution in [0.15, 0.2) is 24.3 Å². The molecule has 0 radical (unpaired) electrons. The number of sulfone groups is 1. The molecule has 1 aliphatic heterocycles. The zero-order chi connectivity index (χ0) is 15.6. The van der Waals surface area contributed by atoms with Crippen molar-refractivity contribution in [3.05, 3.63) is 35.6 Å². The number of rotatable bonds is 4. The van der Waals surface area contributed by atoms with Crippen LogP contribution in [0.2, 0.25) is 0 Å². The molecular formula is C15H23FN2O2S. The lowest BCUT2D eigenvalue weighted by atomic mass is 9.95. The summed E-state index contributed by atoms with van der Waals surface area (Å²) in [5.41, 5.74) is 7.06. The zero-order valence-corrected chi connectivity index (χ0v) is 13.3. The minimum absolute atomic E-state index is 0.116. The number of nitrogens with two attached hydrogens (primary N) is 1. The van der Waals surface area contributed by atoms with Crippen LogP contribution in [0.3, 0.4) is 0 Å². The van der Waals surface area contributed by atoms with Crippen LogP contribution in [0, 0.1) is 5.82 Å². The molecule has 2 N–H and O–H groups in total. The molecule has 0 spiro atoms. The van der Waals surface area contributed by atoms with Gasteiger partial charge in [-0.15, -0.1) is 0 Å². The fraction of sp³-hybridized carbons (Fsp3) is 0.600. The maximum Gasteiger partial charge on any atom is 0.153 e. The van der Waals surface area contributed by atoms with Gasteiger partial charge in [-0.25, -0.2) is 12.8 Å². The van der Waals surface area contributed by atoms with Crippen LogP contribution in [0.4, 0.5) is 4.39 Å². The normalized spacial score (nSPS) is 25.4. The topological polar surface area (TPSA) is 63.4 Å². The Kier molecular flexibility index (Phi) is 5.01. The van der Waals surface area contributed by atoms with Crippen LogP contribution < -0.4 is 5.73 Å². The first-order valence-corrected chi connectivity index (χ1v) is 9.13. The SMILES string of the molecule is CCC(N)C(c1cccc(F)c1)N1CCS(=O)(=O)CC1C. The molecule has 118 valence electrons. The van der Waals surface area contributed by atoms with E-state index in [1.165, 1.54) is 12.1 Å². The highest BCUT2D eigenvalue weighted by Crippen LogP contribution is 2.29. The average Bonchev–Trinajstić information content (AvgIpc) is 2.40. The van der Waals surface area contributed by atoms with E-state index in [4.69, 9.17) is 5.73 Å². The molecule has 1 fully saturated rings. The second-order valence-electron chi connectivity index (χ2n) is 5.77. The van der Waals surface area contributed by atoms with Gasteiger partial charge in [0.15, 0.2) is 9.84 Å². The first-order chi connectivity index (χ1) is 9.84. The lowest BCUT2D eigenvalue weighted by molar-refractivity contribution is 0.134. The maximum atomic E-state index is 13.5. The largest absolute Gasteiger partial charge is 0.326 e. The van der Waals surface area contributed by atoms with E-state index >= 15 is 0 Å². The van der Waals surface area contributed by atoms with E-state index in [0.717, 1.165) is 12.0 Å². The third-order valence-corrected chi connectivity index (χ3v) is 5.94. The zero-order valence-electron chi connectivity index (χ0n) is 12.5. The van der Waals surface area contributed by atoms with Gasteiger partial charge in [0.05, 0.1) is 17.5 Å². The van der Waals surface area contributed by atoms with Crippen molar-refractivity contribution in [3.63, 3.8) is 0 Å². The Labute approximate surface area is 126 Å². The summed E-state index contributed by atoms with van der Waals surface area (Å²) >= 11 is 0. The Morgan fingerprint density at radius 1 is 1.48 bits per heavy atom. The molecule has 0 saturated carbocycles. The quantitative estimate of drug-likeness (QED) is 0.919. The summed E-state index contributed by atoms with van der Waals surface area (Å²) in [5.74, 6) is -0.0208. The number of halogens is 1. The van der Waals surface area contributed by atoms with Crippen molar-refractivity contribution in [2.75, 3.05) is 18.1 Å². The standard InChI is InChI=1S/C15H23FN2O2S/c1-3-14(17)15(12-5-4-6-13(16)9-12)18-7-8-21(19,20)10-11(18)2/h4-6,9,11,14-15H,3,7-8,10,17H2,1-2H3. The Morgan fingerprint density at radius 2 is 2.19 bits per heavy atom. The fourth-order valence-corrected chi connectivity index (χ4v) is 4.61. The summed E-state index contributed by atoms with van der Waals surface area (Å²) in [6, 6.07) is 6.00. The summed E-state index contributed by atoms with van der Waals surface area (Å²) in [6.07, 6.45) is 0.747. The van der Waals surface area contributed by atoms with Crippen molar-refractivity contribution >= 4 is 9.84 Å². The van der Waals surface area contributed by atoms with Crippen molar-refractivity contribution in [1.29, 1.82) is 0 Å². The molecule has 2 rings (SSSR count). The average molecular weight is 314 g/mol. The third kappa shape index (κ3) is 3.81. The van der Waals surface area contributed by atoms with E-state index in [1.807, 2.05) is 19.9 Å². The third-order valence-electron chi connectivity index (χ3n) is 4.15. The van der Waals surface area contributed by atoms with Gasteiger partial charge >= 0.3 is 0 Å². The van der Waals surface area contributed by atoms with Crippen LogP contribution >= 0.6 is 0 Å². The van der Waals surface area contributed by atoms with E-state index in [1.54, 1.807) is 6.07 Å². The van der Waals surface area contributed by atoms with Crippen molar-refractivity contribution in [1.82, 2.24) is 4.90 Å². The molecule has 1 aliphatic rings. The van der Waals surface area contributed by atoms with Gasteiger partial charge in [0.1, 0.15) is 5.82 Å². The second-order valence-corrected chi connectivity index (χ2v) is 8.00. The fourth-order valence-electron chi connectivity index (χ4n) is 3.02. The van der Waals surface area contributed by atoms with Crippen LogP contribution in [0.5, 0.6) is 0 Å². The summed E-state index contributed by atoms with van der Waals surface area (Å²) in [4.78, 5) is 2.10. The number of hydrogen-bond donors (Lipinski definition) is 1. The molecule has 0 bridgehead atoms. The van der Waals surface area contributed by atoms with Crippen molar-refractivity contribution in [2.24, 2.45) is 5.73 Å².